The lowest BCUT2D eigenvalue weighted by Crippen LogP contribution is -2.37. The molecule has 1 aromatic carbocycles. The minimum Gasteiger partial charge on any atom is -0.373 e. The molecule has 0 saturated carbocycles. The Morgan fingerprint density at radius 1 is 1.42 bits per heavy atom. The summed E-state index contributed by atoms with van der Waals surface area (Å²) in [6, 6.07) is 8.94. The van der Waals surface area contributed by atoms with Gasteiger partial charge in [0, 0.05) is 6.04 Å². The van der Waals surface area contributed by atoms with E-state index in [0.29, 0.717) is 0 Å². The highest BCUT2D eigenvalue weighted by Crippen LogP contribution is 2.30. The second-order valence-electron chi connectivity index (χ2n) is 2.83. The lowest BCUT2D eigenvalue weighted by atomic mass is 10.0. The summed E-state index contributed by atoms with van der Waals surface area (Å²) in [5, 5.41) is 9.85. The van der Waals surface area contributed by atoms with Gasteiger partial charge in [-0.1, -0.05) is 30.3 Å². The van der Waals surface area contributed by atoms with Gasteiger partial charge in [0.05, 0.1) is 0 Å². The summed E-state index contributed by atoms with van der Waals surface area (Å²) in [6.07, 6.45) is 0. The molecule has 12 heavy (non-hydrogen) atoms. The van der Waals surface area contributed by atoms with Gasteiger partial charge in [0.25, 0.3) is 0 Å². The first-order valence-electron chi connectivity index (χ1n) is 3.77. The van der Waals surface area contributed by atoms with Gasteiger partial charge in [0.15, 0.2) is 4.51 Å². The van der Waals surface area contributed by atoms with E-state index in [1.807, 2.05) is 30.3 Å². The summed E-state index contributed by atoms with van der Waals surface area (Å²) in [6.45, 7) is 1.75. The van der Waals surface area contributed by atoms with Crippen LogP contribution in [0.3, 0.4) is 0 Å². The zero-order valence-electron chi connectivity index (χ0n) is 6.87. The smallest absolute Gasteiger partial charge is 0.159 e. The quantitative estimate of drug-likeness (QED) is 0.757. The lowest BCUT2D eigenvalue weighted by molar-refractivity contribution is 0.121. The average molecular weight is 230 g/mol. The number of hydrogen-bond acceptors (Lipinski definition) is 2. The van der Waals surface area contributed by atoms with E-state index in [0.717, 1.165) is 5.56 Å². The Balaban J connectivity index is 2.98. The van der Waals surface area contributed by atoms with Crippen LogP contribution in [-0.2, 0) is 4.51 Å². The van der Waals surface area contributed by atoms with Crippen molar-refractivity contribution < 1.29 is 5.11 Å². The monoisotopic (exact) mass is 229 g/mol. The molecule has 0 saturated heterocycles. The molecule has 0 radical (unpaired) electrons. The predicted octanol–water partition coefficient (Wildman–Crippen LogP) is 1.57. The molecule has 0 heterocycles. The highest BCUT2D eigenvalue weighted by atomic mass is 79.9. The van der Waals surface area contributed by atoms with Gasteiger partial charge in [-0.15, -0.1) is 0 Å². The second kappa shape index (κ2) is 3.56. The Kier molecular flexibility index (Phi) is 2.88. The summed E-state index contributed by atoms with van der Waals surface area (Å²) in [5.74, 6) is 0. The van der Waals surface area contributed by atoms with Crippen LogP contribution < -0.4 is 5.73 Å². The van der Waals surface area contributed by atoms with E-state index in [1.165, 1.54) is 0 Å². The molecule has 0 aliphatic heterocycles. The predicted molar refractivity (Wildman–Crippen MR) is 52.9 cm³/mol. The third-order valence-corrected chi connectivity index (χ3v) is 2.96. The standard InChI is InChI=1S/C9H12BrNO/c1-7(11)9(10,12)8-5-3-2-4-6-8/h2-7,12H,11H2,1H3/t7-,9+/m1/s1. The van der Waals surface area contributed by atoms with Gasteiger partial charge in [0.2, 0.25) is 0 Å². The number of nitrogens with two attached hydrogens (primary N) is 1. The maximum Gasteiger partial charge on any atom is 0.159 e. The Hall–Kier alpha value is -0.380. The highest BCUT2D eigenvalue weighted by Gasteiger charge is 2.29. The Labute approximate surface area is 80.5 Å². The fourth-order valence-electron chi connectivity index (χ4n) is 0.935. The Morgan fingerprint density at radius 2 is 1.92 bits per heavy atom. The fourth-order valence-corrected chi connectivity index (χ4v) is 1.20. The van der Waals surface area contributed by atoms with Gasteiger partial charge in [-0.2, -0.15) is 0 Å². The number of benzene rings is 1. The van der Waals surface area contributed by atoms with E-state index in [9.17, 15) is 5.11 Å². The van der Waals surface area contributed by atoms with Crippen molar-refractivity contribution in [3.63, 3.8) is 0 Å². The molecule has 0 aliphatic carbocycles. The van der Waals surface area contributed by atoms with Crippen LogP contribution in [0.4, 0.5) is 0 Å². The molecule has 0 spiro atoms. The molecule has 3 heteroatoms. The molecule has 0 aliphatic rings. The summed E-state index contributed by atoms with van der Waals surface area (Å²) < 4.78 is -1.12. The third kappa shape index (κ3) is 1.86. The van der Waals surface area contributed by atoms with Gasteiger partial charge >= 0.3 is 0 Å². The van der Waals surface area contributed by atoms with Crippen molar-refractivity contribution in [1.29, 1.82) is 0 Å². The first kappa shape index (κ1) is 9.71. The molecule has 0 bridgehead atoms. The van der Waals surface area contributed by atoms with Crippen molar-refractivity contribution in [2.45, 2.75) is 17.5 Å². The molecule has 0 fully saturated rings. The van der Waals surface area contributed by atoms with E-state index >= 15 is 0 Å². The maximum absolute atomic E-state index is 9.85. The number of aliphatic hydroxyl groups is 1. The first-order chi connectivity index (χ1) is 5.55. The van der Waals surface area contributed by atoms with Crippen LogP contribution in [0.15, 0.2) is 30.3 Å². The van der Waals surface area contributed by atoms with Crippen molar-refractivity contribution in [2.75, 3.05) is 0 Å². The average Bonchev–Trinajstić information content (AvgIpc) is 2.06. The summed E-state index contributed by atoms with van der Waals surface area (Å²) in [5.41, 5.74) is 6.38. The van der Waals surface area contributed by atoms with E-state index < -0.39 is 4.51 Å². The van der Waals surface area contributed by atoms with E-state index in [4.69, 9.17) is 5.73 Å². The summed E-state index contributed by atoms with van der Waals surface area (Å²) in [4.78, 5) is 0. The summed E-state index contributed by atoms with van der Waals surface area (Å²) in [7, 11) is 0. The largest absolute Gasteiger partial charge is 0.373 e. The van der Waals surface area contributed by atoms with Crippen LogP contribution in [0.25, 0.3) is 0 Å². The molecule has 1 aromatic rings. The van der Waals surface area contributed by atoms with Crippen LogP contribution in [0.1, 0.15) is 12.5 Å². The SMILES string of the molecule is C[C@@H](N)[C@@](O)(Br)c1ccccc1. The fraction of sp³-hybridized carbons (Fsp3) is 0.333. The number of hydrogen-bond donors (Lipinski definition) is 2. The zero-order valence-corrected chi connectivity index (χ0v) is 8.45. The summed E-state index contributed by atoms with van der Waals surface area (Å²) >= 11 is 3.18. The topological polar surface area (TPSA) is 46.2 Å². The molecular formula is C9H12BrNO. The minimum atomic E-state index is -1.12. The van der Waals surface area contributed by atoms with Gasteiger partial charge in [0.1, 0.15) is 0 Å². The molecule has 3 N–H and O–H groups in total. The van der Waals surface area contributed by atoms with Crippen LogP contribution in [0.2, 0.25) is 0 Å². The van der Waals surface area contributed by atoms with Gasteiger partial charge in [-0.05, 0) is 28.4 Å². The highest BCUT2D eigenvalue weighted by molar-refractivity contribution is 9.09. The molecular weight excluding hydrogens is 218 g/mol. The minimum absolute atomic E-state index is 0.347. The van der Waals surface area contributed by atoms with E-state index in [2.05, 4.69) is 15.9 Å². The van der Waals surface area contributed by atoms with Gasteiger partial charge in [-0.3, -0.25) is 0 Å². The Bertz CT molecular complexity index is 246. The number of halogens is 1. The van der Waals surface area contributed by atoms with Gasteiger partial charge in [-0.25, -0.2) is 0 Å². The molecule has 1 rings (SSSR count). The molecule has 0 aromatic heterocycles. The second-order valence-corrected chi connectivity index (χ2v) is 4.04. The molecule has 2 nitrogen and oxygen atoms in total. The first-order valence-corrected chi connectivity index (χ1v) is 4.57. The van der Waals surface area contributed by atoms with Crippen LogP contribution in [-0.4, -0.2) is 11.1 Å². The van der Waals surface area contributed by atoms with Crippen molar-refractivity contribution in [3.8, 4) is 0 Å². The molecule has 0 amide bonds. The van der Waals surface area contributed by atoms with E-state index in [-0.39, 0.29) is 6.04 Å². The molecule has 0 unspecified atom stereocenters. The van der Waals surface area contributed by atoms with Gasteiger partial charge < -0.3 is 10.8 Å². The van der Waals surface area contributed by atoms with E-state index in [1.54, 1.807) is 6.92 Å². The van der Waals surface area contributed by atoms with Crippen molar-refractivity contribution >= 4 is 15.9 Å². The molecule has 2 atom stereocenters. The van der Waals surface area contributed by atoms with Crippen molar-refractivity contribution in [3.05, 3.63) is 35.9 Å². The number of rotatable bonds is 2. The zero-order chi connectivity index (χ0) is 9.19. The lowest BCUT2D eigenvalue weighted by Gasteiger charge is -2.25. The molecule has 66 valence electrons. The van der Waals surface area contributed by atoms with Crippen LogP contribution >= 0.6 is 15.9 Å². The van der Waals surface area contributed by atoms with Crippen molar-refractivity contribution in [2.24, 2.45) is 5.73 Å². The number of alkyl halides is 1. The third-order valence-electron chi connectivity index (χ3n) is 1.78. The normalized spacial score (nSPS) is 18.3. The van der Waals surface area contributed by atoms with Crippen molar-refractivity contribution in [1.82, 2.24) is 0 Å². The maximum atomic E-state index is 9.85. The van der Waals surface area contributed by atoms with Crippen LogP contribution in [0, 0.1) is 0 Å². The van der Waals surface area contributed by atoms with Crippen LogP contribution in [0.5, 0.6) is 0 Å². The Morgan fingerprint density at radius 3 is 2.33 bits per heavy atom.